The lowest BCUT2D eigenvalue weighted by Gasteiger charge is -2.33. The molecule has 1 N–H and O–H groups in total. The van der Waals surface area contributed by atoms with Gasteiger partial charge >= 0.3 is 0 Å². The summed E-state index contributed by atoms with van der Waals surface area (Å²) in [5.74, 6) is 0.699. The van der Waals surface area contributed by atoms with E-state index in [1.807, 2.05) is 6.92 Å². The van der Waals surface area contributed by atoms with E-state index in [9.17, 15) is 8.42 Å². The molecule has 0 bridgehead atoms. The molecule has 1 aromatic heterocycles. The molecule has 0 radical (unpaired) electrons. The smallest absolute Gasteiger partial charge is 0.245 e. The minimum absolute atomic E-state index is 0.0957. The number of morpholine rings is 1. The summed E-state index contributed by atoms with van der Waals surface area (Å²) >= 11 is 0. The predicted octanol–water partition coefficient (Wildman–Crippen LogP) is 1.70. The first-order valence-electron chi connectivity index (χ1n) is 7.39. The highest BCUT2D eigenvalue weighted by Crippen LogP contribution is 2.22. The van der Waals surface area contributed by atoms with Crippen molar-refractivity contribution in [3.8, 4) is 0 Å². The fraction of sp³-hybridized carbons (Fsp3) is 0.643. The molecule has 2 rings (SSSR count). The summed E-state index contributed by atoms with van der Waals surface area (Å²) in [6, 6.07) is 3.23. The summed E-state index contributed by atoms with van der Waals surface area (Å²) in [4.78, 5) is 4.42. The Balaban J connectivity index is 2.18. The Hall–Kier alpha value is -1.18. The number of anilines is 1. The molecule has 21 heavy (non-hydrogen) atoms. The lowest BCUT2D eigenvalue weighted by Crippen LogP contribution is -2.48. The van der Waals surface area contributed by atoms with Crippen LogP contribution in [0.3, 0.4) is 0 Å². The molecule has 1 unspecified atom stereocenters. The van der Waals surface area contributed by atoms with Gasteiger partial charge in [-0.05, 0) is 25.0 Å². The maximum atomic E-state index is 12.7. The van der Waals surface area contributed by atoms with Gasteiger partial charge in [0.05, 0.1) is 13.2 Å². The van der Waals surface area contributed by atoms with E-state index in [-0.39, 0.29) is 10.9 Å². The van der Waals surface area contributed by atoms with E-state index in [0.717, 1.165) is 19.4 Å². The van der Waals surface area contributed by atoms with E-state index in [0.29, 0.717) is 25.6 Å². The molecule has 1 saturated heterocycles. The first-order chi connectivity index (χ1) is 10.1. The number of aromatic nitrogens is 1. The number of pyridine rings is 1. The van der Waals surface area contributed by atoms with Crippen LogP contribution >= 0.6 is 0 Å². The van der Waals surface area contributed by atoms with Crippen LogP contribution in [0.4, 0.5) is 5.82 Å². The molecule has 0 spiro atoms. The second kappa shape index (κ2) is 7.20. The number of ether oxygens (including phenoxy) is 1. The van der Waals surface area contributed by atoms with Crippen molar-refractivity contribution in [3.05, 3.63) is 18.3 Å². The minimum atomic E-state index is -3.50. The van der Waals surface area contributed by atoms with Gasteiger partial charge < -0.3 is 10.1 Å². The lowest BCUT2D eigenvalue weighted by molar-refractivity contribution is 0.0314. The molecule has 0 amide bonds. The zero-order valence-electron chi connectivity index (χ0n) is 12.6. The van der Waals surface area contributed by atoms with Gasteiger partial charge in [0.15, 0.2) is 0 Å². The van der Waals surface area contributed by atoms with Gasteiger partial charge in [-0.2, -0.15) is 4.31 Å². The van der Waals surface area contributed by atoms with E-state index in [1.165, 1.54) is 10.5 Å². The van der Waals surface area contributed by atoms with Crippen LogP contribution in [-0.2, 0) is 14.8 Å². The van der Waals surface area contributed by atoms with E-state index >= 15 is 0 Å². The Labute approximate surface area is 126 Å². The fourth-order valence-corrected chi connectivity index (χ4v) is 3.92. The van der Waals surface area contributed by atoms with Crippen molar-refractivity contribution in [2.45, 2.75) is 37.6 Å². The highest BCUT2D eigenvalue weighted by atomic mass is 32.2. The Kier molecular flexibility index (Phi) is 5.55. The zero-order valence-corrected chi connectivity index (χ0v) is 13.4. The van der Waals surface area contributed by atoms with Gasteiger partial charge in [0.1, 0.15) is 10.7 Å². The number of sulfonamides is 1. The average molecular weight is 313 g/mol. The Morgan fingerprint density at radius 3 is 2.86 bits per heavy atom. The molecule has 1 aromatic rings. The number of hydrogen-bond acceptors (Lipinski definition) is 5. The monoisotopic (exact) mass is 313 g/mol. The highest BCUT2D eigenvalue weighted by molar-refractivity contribution is 7.89. The Morgan fingerprint density at radius 1 is 1.43 bits per heavy atom. The van der Waals surface area contributed by atoms with Gasteiger partial charge in [-0.3, -0.25) is 0 Å². The van der Waals surface area contributed by atoms with Crippen LogP contribution in [0.1, 0.15) is 26.7 Å². The van der Waals surface area contributed by atoms with Crippen molar-refractivity contribution in [1.29, 1.82) is 0 Å². The van der Waals surface area contributed by atoms with Gasteiger partial charge in [0.2, 0.25) is 10.0 Å². The molecule has 0 aromatic carbocycles. The zero-order chi connectivity index (χ0) is 15.3. The quantitative estimate of drug-likeness (QED) is 0.865. The third-order valence-corrected chi connectivity index (χ3v) is 5.48. The summed E-state index contributed by atoms with van der Waals surface area (Å²) in [6.07, 6.45) is 3.16. The highest BCUT2D eigenvalue weighted by Gasteiger charge is 2.33. The van der Waals surface area contributed by atoms with Crippen molar-refractivity contribution in [2.75, 3.05) is 31.6 Å². The number of hydrogen-bond donors (Lipinski definition) is 1. The van der Waals surface area contributed by atoms with Crippen LogP contribution < -0.4 is 5.32 Å². The topological polar surface area (TPSA) is 71.5 Å². The second-order valence-electron chi connectivity index (χ2n) is 5.06. The first-order valence-corrected chi connectivity index (χ1v) is 8.83. The predicted molar refractivity (Wildman–Crippen MR) is 81.8 cm³/mol. The molecule has 0 saturated carbocycles. The molecule has 2 heterocycles. The summed E-state index contributed by atoms with van der Waals surface area (Å²) in [7, 11) is -3.50. The maximum absolute atomic E-state index is 12.7. The normalized spacial score (nSPS) is 20.4. The molecule has 0 aliphatic carbocycles. The van der Waals surface area contributed by atoms with E-state index < -0.39 is 10.0 Å². The molecular weight excluding hydrogens is 290 g/mol. The first kappa shape index (κ1) is 16.2. The van der Waals surface area contributed by atoms with E-state index in [2.05, 4.69) is 17.2 Å². The molecule has 118 valence electrons. The number of nitrogens with zero attached hydrogens (tertiary/aromatic N) is 2. The van der Waals surface area contributed by atoms with Crippen molar-refractivity contribution in [2.24, 2.45) is 0 Å². The molecule has 6 nitrogen and oxygen atoms in total. The number of nitrogens with one attached hydrogen (secondary N) is 1. The van der Waals surface area contributed by atoms with Gasteiger partial charge in [-0.1, -0.05) is 13.8 Å². The summed E-state index contributed by atoms with van der Waals surface area (Å²) in [5.41, 5.74) is 0. The standard InChI is InChI=1S/C14H23N3O3S/c1-3-7-15-14-6-5-13(10-16-14)21(18,19)17-8-9-20-11-12(17)4-2/h5-6,10,12H,3-4,7-9,11H2,1-2H3,(H,15,16). The third-order valence-electron chi connectivity index (χ3n) is 3.54. The Bertz CT molecular complexity index is 545. The molecule has 7 heteroatoms. The minimum Gasteiger partial charge on any atom is -0.378 e. The van der Waals surface area contributed by atoms with E-state index in [1.54, 1.807) is 12.1 Å². The summed E-state index contributed by atoms with van der Waals surface area (Å²) in [6.45, 7) is 6.16. The van der Waals surface area contributed by atoms with Crippen LogP contribution in [0.15, 0.2) is 23.2 Å². The number of rotatable bonds is 6. The van der Waals surface area contributed by atoms with Gasteiger partial charge in [-0.15, -0.1) is 0 Å². The van der Waals surface area contributed by atoms with Gasteiger partial charge in [-0.25, -0.2) is 13.4 Å². The fourth-order valence-electron chi connectivity index (χ4n) is 2.30. The Morgan fingerprint density at radius 2 is 2.24 bits per heavy atom. The van der Waals surface area contributed by atoms with Crippen LogP contribution in [0.25, 0.3) is 0 Å². The van der Waals surface area contributed by atoms with Crippen molar-refractivity contribution in [1.82, 2.24) is 9.29 Å². The van der Waals surface area contributed by atoms with Gasteiger partial charge in [0.25, 0.3) is 0 Å². The SMILES string of the molecule is CCCNc1ccc(S(=O)(=O)N2CCOCC2CC)cn1. The molecule has 1 aliphatic rings. The average Bonchev–Trinajstić information content (AvgIpc) is 2.53. The van der Waals surface area contributed by atoms with Crippen molar-refractivity contribution < 1.29 is 13.2 Å². The van der Waals surface area contributed by atoms with Gasteiger partial charge in [0, 0.05) is 25.3 Å². The second-order valence-corrected chi connectivity index (χ2v) is 6.95. The van der Waals surface area contributed by atoms with Crippen molar-refractivity contribution in [3.63, 3.8) is 0 Å². The maximum Gasteiger partial charge on any atom is 0.245 e. The largest absolute Gasteiger partial charge is 0.378 e. The molecular formula is C14H23N3O3S. The van der Waals surface area contributed by atoms with Crippen LogP contribution in [0.5, 0.6) is 0 Å². The molecule has 1 atom stereocenters. The summed E-state index contributed by atoms with van der Waals surface area (Å²) < 4.78 is 32.3. The molecule has 1 fully saturated rings. The van der Waals surface area contributed by atoms with Crippen LogP contribution in [-0.4, -0.2) is 50.1 Å². The van der Waals surface area contributed by atoms with Crippen molar-refractivity contribution >= 4 is 15.8 Å². The molecule has 1 aliphatic heterocycles. The van der Waals surface area contributed by atoms with Crippen LogP contribution in [0.2, 0.25) is 0 Å². The lowest BCUT2D eigenvalue weighted by atomic mass is 10.2. The third kappa shape index (κ3) is 3.72. The van der Waals surface area contributed by atoms with E-state index in [4.69, 9.17) is 4.74 Å². The summed E-state index contributed by atoms with van der Waals surface area (Å²) in [5, 5.41) is 3.13. The van der Waals surface area contributed by atoms with Crippen LogP contribution in [0, 0.1) is 0 Å².